The van der Waals surface area contributed by atoms with Crippen LogP contribution in [-0.2, 0) is 38.9 Å². The summed E-state index contributed by atoms with van der Waals surface area (Å²) in [6.07, 6.45) is 8.25. The number of fused-ring (bicyclic) bond motifs is 6. The van der Waals surface area contributed by atoms with Gasteiger partial charge in [0, 0.05) is 54.5 Å². The lowest BCUT2D eigenvalue weighted by Gasteiger charge is -2.16. The first-order valence-electron chi connectivity index (χ1n) is 35.3. The van der Waals surface area contributed by atoms with Crippen molar-refractivity contribution < 1.29 is 65.1 Å². The van der Waals surface area contributed by atoms with E-state index in [1.165, 1.54) is 87.6 Å². The predicted molar refractivity (Wildman–Crippen MR) is 395 cm³/mol. The molecule has 26 nitrogen and oxygen atoms in total. The lowest BCUT2D eigenvalue weighted by atomic mass is 9.96. The van der Waals surface area contributed by atoms with Crippen molar-refractivity contribution in [2.75, 3.05) is 0 Å². The zero-order valence-electron chi connectivity index (χ0n) is 60.9. The Morgan fingerprint density at radius 2 is 0.786 bits per heavy atom. The number of amides is 6. The summed E-state index contributed by atoms with van der Waals surface area (Å²) in [4.78, 5) is 134. The molecule has 0 unspecified atom stereocenters. The van der Waals surface area contributed by atoms with Crippen molar-refractivity contribution in [3.63, 3.8) is 0 Å². The number of hydrogen-bond acceptors (Lipinski definition) is 16. The Kier molecular flexibility index (Phi) is 21.9. The molecule has 15 rings (SSSR count). The van der Waals surface area contributed by atoms with Gasteiger partial charge in [0.1, 0.15) is 52.0 Å². The first kappa shape index (κ1) is 76.3. The van der Waals surface area contributed by atoms with Gasteiger partial charge in [0.2, 0.25) is 0 Å². The van der Waals surface area contributed by atoms with Gasteiger partial charge < -0.3 is 36.7 Å². The third kappa shape index (κ3) is 15.9. The minimum Gasteiger partial charge on any atom is -0.361 e. The number of Topliss-reactive ketones (excluding diaryl/α,β-unsaturated/α-hetero) is 3. The van der Waals surface area contributed by atoms with Crippen LogP contribution >= 0.6 is 0 Å². The van der Waals surface area contributed by atoms with Gasteiger partial charge in [-0.25, -0.2) is 50.5 Å². The molecule has 3 aliphatic carbocycles. The molecule has 0 saturated heterocycles. The Labute approximate surface area is 634 Å². The molecule has 6 N–H and O–H groups in total. The highest BCUT2D eigenvalue weighted by Crippen LogP contribution is 2.38. The summed E-state index contributed by atoms with van der Waals surface area (Å²) < 4.78 is 73.0. The molecule has 0 bridgehead atoms. The summed E-state index contributed by atoms with van der Waals surface area (Å²) in [5, 5.41) is 28.6. The number of ketones is 3. The molecule has 12 aromatic rings. The van der Waals surface area contributed by atoms with E-state index in [2.05, 4.69) is 72.0 Å². The van der Waals surface area contributed by atoms with Gasteiger partial charge in [-0.15, -0.1) is 4.98 Å². The zero-order chi connectivity index (χ0) is 79.5. The number of carbonyl (C=O) groups is 9. The molecule has 0 saturated carbocycles. The Balaban J connectivity index is 0.000000147. The van der Waals surface area contributed by atoms with E-state index in [1.807, 2.05) is 39.0 Å². The molecule has 0 aliphatic heterocycles. The Morgan fingerprint density at radius 1 is 0.429 bits per heavy atom. The minimum atomic E-state index is -0.785. The fraction of sp³-hybridized carbons (Fsp3) is 0.222. The zero-order valence-corrected chi connectivity index (χ0v) is 60.9. The van der Waals surface area contributed by atoms with E-state index in [0.717, 1.165) is 82.2 Å². The van der Waals surface area contributed by atoms with Gasteiger partial charge in [-0.05, 0) is 183 Å². The maximum atomic E-state index is 14.4. The van der Waals surface area contributed by atoms with Crippen LogP contribution in [0.1, 0.15) is 219 Å². The molecule has 7 aromatic heterocycles. The molecule has 6 amide bonds. The van der Waals surface area contributed by atoms with E-state index in [9.17, 15) is 65.1 Å². The first-order chi connectivity index (χ1) is 53.7. The number of nitrogens with one attached hydrogen (secondary N) is 6. The molecule has 5 aromatic carbocycles. The maximum Gasteiger partial charge on any atom is 0.270 e. The highest BCUT2D eigenvalue weighted by atomic mass is 19.1. The van der Waals surface area contributed by atoms with Gasteiger partial charge in [-0.2, -0.15) is 15.3 Å². The highest BCUT2D eigenvalue weighted by molar-refractivity contribution is 6.02. The lowest BCUT2D eigenvalue weighted by molar-refractivity contribution is 0.0916. The van der Waals surface area contributed by atoms with Gasteiger partial charge in [0.05, 0.1) is 36.7 Å². The van der Waals surface area contributed by atoms with Gasteiger partial charge >= 0.3 is 0 Å². The van der Waals surface area contributed by atoms with Crippen molar-refractivity contribution in [1.82, 2.24) is 80.7 Å². The highest BCUT2D eigenvalue weighted by Gasteiger charge is 2.33. The van der Waals surface area contributed by atoms with Crippen LogP contribution in [0, 0.1) is 56.4 Å². The van der Waals surface area contributed by atoms with Crippen LogP contribution in [-0.4, -0.2) is 102 Å². The Morgan fingerprint density at radius 3 is 1.13 bits per heavy atom. The summed E-state index contributed by atoms with van der Waals surface area (Å²) in [5.74, 6) is -6.57. The van der Waals surface area contributed by atoms with Crippen LogP contribution in [0.25, 0.3) is 21.8 Å². The first-order valence-corrected chi connectivity index (χ1v) is 35.3. The summed E-state index contributed by atoms with van der Waals surface area (Å²) in [6.45, 7) is 17.5. The van der Waals surface area contributed by atoms with Crippen molar-refractivity contribution in [2.24, 2.45) is 0 Å². The van der Waals surface area contributed by atoms with Gasteiger partial charge in [-0.3, -0.25) is 43.2 Å². The monoisotopic (exact) mass is 1520 g/mol. The molecule has 7 heterocycles. The molecule has 3 aliphatic rings. The van der Waals surface area contributed by atoms with Crippen molar-refractivity contribution in [2.45, 2.75) is 118 Å². The van der Waals surface area contributed by atoms with Crippen molar-refractivity contribution in [3.05, 3.63) is 298 Å². The van der Waals surface area contributed by atoms with E-state index in [-0.39, 0.29) is 112 Å². The fourth-order valence-corrected chi connectivity index (χ4v) is 14.3. The Bertz CT molecular complexity index is 5950. The second kappa shape index (κ2) is 32.1. The van der Waals surface area contributed by atoms with E-state index < -0.39 is 64.5 Å². The largest absolute Gasteiger partial charge is 0.361 e. The number of pyridine rings is 1. The molecular formula is C81H68F5N17O9. The van der Waals surface area contributed by atoms with Gasteiger partial charge in [-0.1, -0.05) is 67.2 Å². The summed E-state index contributed by atoms with van der Waals surface area (Å²) >= 11 is 0. The SMILES string of the molecule is CC(=O)c1ccc2c(c1C)CC[C@@H]2NC(=O)c1cc(C(=O)NCc2ccc(F)cc2)nc2c(F)cnn12.CC(=O)c1ccc2c(c1C)CC[C@@H]2NC(=O)c1cc(C(=O)NCc2cccc(F)c2)nc2c(F)cnn12.[C-]#[N+]c1cc(CNC(=O)c2cc(C(=O)N[C@H]3CCc4c3ccc(C(C)=O)c4C)n3ncc(F)c3n2)ccn1. The molecule has 0 radical (unpaired) electrons. The van der Waals surface area contributed by atoms with Crippen LogP contribution in [0.4, 0.5) is 27.8 Å². The predicted octanol–water partition coefficient (Wildman–Crippen LogP) is 11.4. The van der Waals surface area contributed by atoms with Crippen LogP contribution < -0.4 is 31.9 Å². The number of halogens is 5. The average Bonchev–Trinajstić information content (AvgIpc) is 1.58. The molecule has 0 spiro atoms. The molecule has 31 heteroatoms. The third-order valence-corrected chi connectivity index (χ3v) is 19.9. The molecule has 3 atom stereocenters. The van der Waals surface area contributed by atoms with Crippen molar-refractivity contribution in [3.8, 4) is 0 Å². The topological polar surface area (TPSA) is 334 Å². The fourth-order valence-electron chi connectivity index (χ4n) is 14.3. The quantitative estimate of drug-likeness (QED) is 0.0264. The smallest absolute Gasteiger partial charge is 0.270 e. The van der Waals surface area contributed by atoms with Crippen molar-refractivity contribution >= 4 is 75.6 Å². The van der Waals surface area contributed by atoms with Crippen molar-refractivity contribution in [1.29, 1.82) is 0 Å². The number of benzene rings is 5. The molecule has 0 fully saturated rings. The van der Waals surface area contributed by atoms with E-state index in [0.29, 0.717) is 71.9 Å². The van der Waals surface area contributed by atoms with Crippen LogP contribution in [0.5, 0.6) is 0 Å². The normalized spacial score (nSPS) is 14.3. The standard InChI is InChI=1S/2C27H23F2N5O3.C27H22FN7O3/c1-14-18(15(2)35)7-8-20-19(14)9-10-22(20)33-27(37)24-11-23(32-25-21(29)13-31-34(24)25)26(36)30-12-16-3-5-17(28)6-4-16;1-14-18(15(2)35)6-7-20-19(14)8-9-22(20)33-27(37)24-11-23(32-25-21(29)13-31-34(24)25)26(36)30-12-16-4-3-5-17(28)10-16;1-14-17(15(2)36)4-5-19-18(14)6-7-21(19)34-27(38)23-11-22(33-25-20(28)13-32-35(23)25)26(37)31-12-16-8-9-30-24(10-16)29-3/h3-8,11,13,22H,9-10,12H2,1-2H3,(H,30,36)(H,33,37);3-7,10-11,13,22H,8-9,12H2,1-2H3,(H,30,36)(H,33,37);4-5,8-11,13,21H,6-7,12H2,1-2H3,(H,31,37)(H,34,38)/t2*22-;21-/m000/s1. The van der Waals surface area contributed by atoms with Crippen LogP contribution in [0.3, 0.4) is 0 Å². The number of rotatable bonds is 18. The third-order valence-electron chi connectivity index (χ3n) is 19.9. The second-order valence-corrected chi connectivity index (χ2v) is 27.0. The summed E-state index contributed by atoms with van der Waals surface area (Å²) in [7, 11) is 0. The summed E-state index contributed by atoms with van der Waals surface area (Å²) in [6, 6.07) is 28.2. The Hall–Kier alpha value is -13.9. The maximum absolute atomic E-state index is 14.4. The van der Waals surface area contributed by atoms with E-state index >= 15 is 0 Å². The van der Waals surface area contributed by atoms with E-state index in [1.54, 1.807) is 36.4 Å². The summed E-state index contributed by atoms with van der Waals surface area (Å²) in [5.41, 5.74) is 11.0. The lowest BCUT2D eigenvalue weighted by Crippen LogP contribution is -2.30. The number of nitrogens with zero attached hydrogens (tertiary/aromatic N) is 11. The molecule has 566 valence electrons. The number of carbonyl (C=O) groups excluding carboxylic acids is 9. The van der Waals surface area contributed by atoms with Gasteiger partial charge in [0.15, 0.2) is 51.7 Å². The average molecular weight is 1520 g/mol. The second-order valence-electron chi connectivity index (χ2n) is 27.0. The molecule has 112 heavy (non-hydrogen) atoms. The minimum absolute atomic E-state index is 0.0146. The van der Waals surface area contributed by atoms with E-state index in [4.69, 9.17) is 6.57 Å². The molecular weight excluding hydrogens is 1450 g/mol. The number of hydrogen-bond donors (Lipinski definition) is 6. The number of aromatic nitrogens is 10. The van der Waals surface area contributed by atoms with Crippen LogP contribution in [0.15, 0.2) is 140 Å². The van der Waals surface area contributed by atoms with Gasteiger partial charge in [0.25, 0.3) is 41.3 Å². The van der Waals surface area contributed by atoms with Crippen LogP contribution in [0.2, 0.25) is 0 Å².